The molecule has 6 nitrogen and oxygen atoms in total. The lowest BCUT2D eigenvalue weighted by Crippen LogP contribution is -2.08. The Kier molecular flexibility index (Phi) is 3.21. The smallest absolute Gasteiger partial charge is 0.234 e. The van der Waals surface area contributed by atoms with Crippen molar-refractivity contribution in [2.75, 3.05) is 0 Å². The highest BCUT2D eigenvalue weighted by Gasteiger charge is 2.24. The van der Waals surface area contributed by atoms with Crippen molar-refractivity contribution in [2.45, 2.75) is 51.0 Å². The Labute approximate surface area is 126 Å². The molecule has 1 aliphatic rings. The van der Waals surface area contributed by atoms with E-state index >= 15 is 0 Å². The summed E-state index contributed by atoms with van der Waals surface area (Å²) in [6, 6.07) is 1.95. The average Bonchev–Trinajstić information content (AvgIpc) is 3.23. The number of rotatable bonds is 4. The van der Waals surface area contributed by atoms with Gasteiger partial charge < -0.3 is 0 Å². The molecule has 1 atom stereocenters. The first kappa shape index (κ1) is 12.9. The lowest BCUT2D eigenvalue weighted by molar-refractivity contribution is 0.534. The molecule has 3 aromatic rings. The Morgan fingerprint density at radius 2 is 2.19 bits per heavy atom. The second-order valence-electron chi connectivity index (χ2n) is 5.80. The molecule has 0 amide bonds. The number of aromatic nitrogens is 6. The number of fused-ring (bicyclic) bond motifs is 1. The molecular formula is C14H18N6S. The van der Waals surface area contributed by atoms with Crippen LogP contribution in [0.1, 0.15) is 55.3 Å². The molecule has 1 unspecified atom stereocenters. The second kappa shape index (κ2) is 5.22. The summed E-state index contributed by atoms with van der Waals surface area (Å²) in [5.41, 5.74) is 0. The lowest BCUT2D eigenvalue weighted by Gasteiger charge is -2.07. The quantitative estimate of drug-likeness (QED) is 0.743. The Hall–Kier alpha value is -1.76. The van der Waals surface area contributed by atoms with Crippen LogP contribution < -0.4 is 0 Å². The van der Waals surface area contributed by atoms with Crippen LogP contribution in [0.3, 0.4) is 0 Å². The maximum atomic E-state index is 4.77. The third kappa shape index (κ3) is 2.35. The summed E-state index contributed by atoms with van der Waals surface area (Å²) in [7, 11) is 0. The van der Waals surface area contributed by atoms with Gasteiger partial charge in [0.25, 0.3) is 0 Å². The molecule has 0 N–H and O–H groups in total. The van der Waals surface area contributed by atoms with Crippen LogP contribution in [0.5, 0.6) is 0 Å². The standard InChI is InChI=1S/C14H18N6S/c1-10(9-19-8-4-7-15-19)13-18-20-12(11-5-2-3-6-11)16-17-14(20)21-13/h4,7-8,10-11H,2-3,5-6,9H2,1H3. The van der Waals surface area contributed by atoms with Crippen molar-refractivity contribution in [3.8, 4) is 0 Å². The summed E-state index contributed by atoms with van der Waals surface area (Å²) in [4.78, 5) is 0.916. The first-order valence-electron chi connectivity index (χ1n) is 7.51. The maximum Gasteiger partial charge on any atom is 0.234 e. The highest BCUT2D eigenvalue weighted by Crippen LogP contribution is 2.34. The van der Waals surface area contributed by atoms with Gasteiger partial charge in [0.05, 0.1) is 0 Å². The van der Waals surface area contributed by atoms with Gasteiger partial charge >= 0.3 is 0 Å². The minimum absolute atomic E-state index is 0.327. The highest BCUT2D eigenvalue weighted by molar-refractivity contribution is 7.16. The van der Waals surface area contributed by atoms with Crippen LogP contribution in [0.25, 0.3) is 4.96 Å². The minimum atomic E-state index is 0.327. The summed E-state index contributed by atoms with van der Waals surface area (Å²) in [5.74, 6) is 1.92. The fourth-order valence-electron chi connectivity index (χ4n) is 3.05. The van der Waals surface area contributed by atoms with Gasteiger partial charge in [-0.15, -0.1) is 10.2 Å². The first-order chi connectivity index (χ1) is 10.3. The van der Waals surface area contributed by atoms with Crippen LogP contribution in [0, 0.1) is 0 Å². The Bertz CT molecular complexity index is 722. The molecule has 0 bridgehead atoms. The van der Waals surface area contributed by atoms with Crippen molar-refractivity contribution in [1.82, 2.24) is 29.6 Å². The van der Waals surface area contributed by atoms with Crippen molar-refractivity contribution in [2.24, 2.45) is 0 Å². The van der Waals surface area contributed by atoms with E-state index in [-0.39, 0.29) is 0 Å². The van der Waals surface area contributed by atoms with E-state index in [4.69, 9.17) is 5.10 Å². The zero-order valence-electron chi connectivity index (χ0n) is 12.0. The highest BCUT2D eigenvalue weighted by atomic mass is 32.1. The summed E-state index contributed by atoms with van der Waals surface area (Å²) >= 11 is 1.64. The summed E-state index contributed by atoms with van der Waals surface area (Å²) < 4.78 is 3.92. The Morgan fingerprint density at radius 3 is 2.95 bits per heavy atom. The lowest BCUT2D eigenvalue weighted by atomic mass is 10.1. The summed E-state index contributed by atoms with van der Waals surface area (Å²) in [6.07, 6.45) is 8.83. The zero-order valence-corrected chi connectivity index (χ0v) is 12.8. The third-order valence-electron chi connectivity index (χ3n) is 4.19. The van der Waals surface area contributed by atoms with Gasteiger partial charge in [-0.2, -0.15) is 14.7 Å². The summed E-state index contributed by atoms with van der Waals surface area (Å²) in [5, 5.41) is 18.8. The molecule has 21 heavy (non-hydrogen) atoms. The molecule has 110 valence electrons. The van der Waals surface area contributed by atoms with Crippen molar-refractivity contribution in [3.63, 3.8) is 0 Å². The van der Waals surface area contributed by atoms with Crippen LogP contribution >= 0.6 is 11.3 Å². The molecule has 0 radical (unpaired) electrons. The average molecular weight is 302 g/mol. The molecule has 7 heteroatoms. The SMILES string of the molecule is CC(Cn1cccn1)c1nn2c(C3CCCC3)nnc2s1. The topological polar surface area (TPSA) is 60.9 Å². The molecule has 0 spiro atoms. The fourth-order valence-corrected chi connectivity index (χ4v) is 3.94. The van der Waals surface area contributed by atoms with Crippen molar-refractivity contribution >= 4 is 16.3 Å². The van der Waals surface area contributed by atoms with E-state index < -0.39 is 0 Å². The van der Waals surface area contributed by atoms with E-state index in [1.165, 1.54) is 25.7 Å². The number of hydrogen-bond acceptors (Lipinski definition) is 5. The van der Waals surface area contributed by atoms with Gasteiger partial charge in [0.1, 0.15) is 5.01 Å². The fraction of sp³-hybridized carbons (Fsp3) is 0.571. The van der Waals surface area contributed by atoms with Crippen LogP contribution in [0.2, 0.25) is 0 Å². The Balaban J connectivity index is 1.61. The molecule has 3 heterocycles. The van der Waals surface area contributed by atoms with E-state index in [2.05, 4.69) is 22.2 Å². The van der Waals surface area contributed by atoms with Crippen LogP contribution in [0.4, 0.5) is 0 Å². The largest absolute Gasteiger partial charge is 0.272 e. The molecule has 1 fully saturated rings. The maximum absolute atomic E-state index is 4.77. The van der Waals surface area contributed by atoms with E-state index in [1.807, 2.05) is 27.7 Å². The molecular weight excluding hydrogens is 284 g/mol. The van der Waals surface area contributed by atoms with Crippen LogP contribution in [-0.4, -0.2) is 29.6 Å². The van der Waals surface area contributed by atoms with Crippen molar-refractivity contribution < 1.29 is 0 Å². The molecule has 0 aromatic carbocycles. The van der Waals surface area contributed by atoms with E-state index in [0.29, 0.717) is 11.8 Å². The molecule has 1 saturated carbocycles. The molecule has 4 rings (SSSR count). The van der Waals surface area contributed by atoms with E-state index in [9.17, 15) is 0 Å². The van der Waals surface area contributed by atoms with E-state index in [1.54, 1.807) is 11.3 Å². The normalized spacial score (nSPS) is 17.8. The first-order valence-corrected chi connectivity index (χ1v) is 8.32. The van der Waals surface area contributed by atoms with Crippen LogP contribution in [-0.2, 0) is 6.54 Å². The number of hydrogen-bond donors (Lipinski definition) is 0. The van der Waals surface area contributed by atoms with Crippen molar-refractivity contribution in [1.29, 1.82) is 0 Å². The molecule has 3 aromatic heterocycles. The Morgan fingerprint density at radius 1 is 1.33 bits per heavy atom. The number of nitrogens with zero attached hydrogens (tertiary/aromatic N) is 6. The van der Waals surface area contributed by atoms with Gasteiger partial charge in [0, 0.05) is 30.8 Å². The van der Waals surface area contributed by atoms with Gasteiger partial charge in [-0.05, 0) is 18.9 Å². The van der Waals surface area contributed by atoms with Crippen molar-refractivity contribution in [3.05, 3.63) is 29.3 Å². The zero-order chi connectivity index (χ0) is 14.2. The van der Waals surface area contributed by atoms with Gasteiger partial charge in [-0.1, -0.05) is 31.1 Å². The predicted octanol–water partition coefficient (Wildman–Crippen LogP) is 2.84. The van der Waals surface area contributed by atoms with Gasteiger partial charge in [-0.3, -0.25) is 4.68 Å². The molecule has 0 aliphatic heterocycles. The van der Waals surface area contributed by atoms with Gasteiger partial charge in [0.2, 0.25) is 4.96 Å². The van der Waals surface area contributed by atoms with Gasteiger partial charge in [0.15, 0.2) is 5.82 Å². The predicted molar refractivity (Wildman–Crippen MR) is 80.5 cm³/mol. The minimum Gasteiger partial charge on any atom is -0.272 e. The molecule has 1 aliphatic carbocycles. The second-order valence-corrected chi connectivity index (χ2v) is 6.79. The van der Waals surface area contributed by atoms with Gasteiger partial charge in [-0.25, -0.2) is 0 Å². The molecule has 0 saturated heterocycles. The van der Waals surface area contributed by atoms with E-state index in [0.717, 1.165) is 22.3 Å². The monoisotopic (exact) mass is 302 g/mol. The third-order valence-corrected chi connectivity index (χ3v) is 5.32. The van der Waals surface area contributed by atoms with Crippen LogP contribution in [0.15, 0.2) is 18.5 Å². The summed E-state index contributed by atoms with van der Waals surface area (Å²) in [6.45, 7) is 3.03.